The standard InChI is InChI=1S/C21H24F3NO2S/c1-16-3-2-4-20(15-16)28(26,27)25-13-11-18(12-14-25)6-5-17-7-9-19(10-8-17)21(22,23)24/h2-4,7-10,15,18H,5-6,11-14H2,1H3. The molecule has 1 saturated heterocycles. The van der Waals surface area contributed by atoms with E-state index in [0.717, 1.165) is 42.5 Å². The Morgan fingerprint density at radius 2 is 1.68 bits per heavy atom. The van der Waals surface area contributed by atoms with Crippen molar-refractivity contribution in [1.29, 1.82) is 0 Å². The van der Waals surface area contributed by atoms with Crippen LogP contribution in [0.2, 0.25) is 0 Å². The highest BCUT2D eigenvalue weighted by atomic mass is 32.2. The van der Waals surface area contributed by atoms with Gasteiger partial charge in [-0.3, -0.25) is 0 Å². The lowest BCUT2D eigenvalue weighted by Gasteiger charge is -2.31. The monoisotopic (exact) mass is 411 g/mol. The predicted octanol–water partition coefficient (Wildman–Crippen LogP) is 5.05. The molecular formula is C21H24F3NO2S. The zero-order valence-electron chi connectivity index (χ0n) is 15.7. The summed E-state index contributed by atoms with van der Waals surface area (Å²) in [5, 5.41) is 0. The first-order valence-electron chi connectivity index (χ1n) is 9.39. The molecule has 3 nitrogen and oxygen atoms in total. The van der Waals surface area contributed by atoms with E-state index in [9.17, 15) is 21.6 Å². The number of halogens is 3. The molecule has 2 aromatic rings. The number of rotatable bonds is 5. The second-order valence-corrected chi connectivity index (χ2v) is 9.34. The molecule has 3 rings (SSSR count). The molecule has 0 spiro atoms. The fourth-order valence-electron chi connectivity index (χ4n) is 3.59. The zero-order chi connectivity index (χ0) is 20.4. The van der Waals surface area contributed by atoms with E-state index in [2.05, 4.69) is 0 Å². The Bertz CT molecular complexity index is 900. The van der Waals surface area contributed by atoms with Crippen LogP contribution in [-0.4, -0.2) is 25.8 Å². The van der Waals surface area contributed by atoms with E-state index in [1.165, 1.54) is 16.4 Å². The minimum absolute atomic E-state index is 0.329. The second kappa shape index (κ2) is 8.25. The highest BCUT2D eigenvalue weighted by Gasteiger charge is 2.31. The molecule has 0 N–H and O–H groups in total. The largest absolute Gasteiger partial charge is 0.416 e. The van der Waals surface area contributed by atoms with Gasteiger partial charge in [-0.2, -0.15) is 17.5 Å². The van der Waals surface area contributed by atoms with Gasteiger partial charge in [-0.05, 0) is 73.9 Å². The van der Waals surface area contributed by atoms with Gasteiger partial charge in [0.1, 0.15) is 0 Å². The molecule has 0 atom stereocenters. The van der Waals surface area contributed by atoms with E-state index in [1.54, 1.807) is 18.2 Å². The maximum absolute atomic E-state index is 12.8. The smallest absolute Gasteiger partial charge is 0.207 e. The molecule has 1 fully saturated rings. The summed E-state index contributed by atoms with van der Waals surface area (Å²) in [4.78, 5) is 0.329. The van der Waals surface area contributed by atoms with Crippen molar-refractivity contribution in [2.45, 2.75) is 43.7 Å². The SMILES string of the molecule is Cc1cccc(S(=O)(=O)N2CCC(CCc3ccc(C(F)(F)F)cc3)CC2)c1. The molecule has 0 bridgehead atoms. The molecule has 28 heavy (non-hydrogen) atoms. The lowest BCUT2D eigenvalue weighted by Crippen LogP contribution is -2.38. The van der Waals surface area contributed by atoms with Crippen molar-refractivity contribution in [2.75, 3.05) is 13.1 Å². The average Bonchev–Trinajstić information content (AvgIpc) is 2.66. The van der Waals surface area contributed by atoms with E-state index in [-0.39, 0.29) is 0 Å². The van der Waals surface area contributed by atoms with Crippen molar-refractivity contribution in [3.63, 3.8) is 0 Å². The molecule has 0 aliphatic carbocycles. The lowest BCUT2D eigenvalue weighted by molar-refractivity contribution is -0.137. The van der Waals surface area contributed by atoms with Crippen LogP contribution < -0.4 is 0 Å². The quantitative estimate of drug-likeness (QED) is 0.691. The third kappa shape index (κ3) is 4.94. The van der Waals surface area contributed by atoms with Crippen molar-refractivity contribution in [3.05, 3.63) is 65.2 Å². The predicted molar refractivity (Wildman–Crippen MR) is 102 cm³/mol. The molecule has 0 aromatic heterocycles. The van der Waals surface area contributed by atoms with Crippen molar-refractivity contribution in [1.82, 2.24) is 4.31 Å². The molecule has 1 aliphatic heterocycles. The first-order valence-corrected chi connectivity index (χ1v) is 10.8. The summed E-state index contributed by atoms with van der Waals surface area (Å²) in [6.45, 7) is 2.83. The maximum Gasteiger partial charge on any atom is 0.416 e. The van der Waals surface area contributed by atoms with Crippen LogP contribution in [0.25, 0.3) is 0 Å². The molecule has 0 radical (unpaired) electrons. The summed E-state index contributed by atoms with van der Waals surface area (Å²) in [6, 6.07) is 12.2. The average molecular weight is 411 g/mol. The van der Waals surface area contributed by atoms with Crippen LogP contribution in [0.3, 0.4) is 0 Å². The number of piperidine rings is 1. The number of sulfonamides is 1. The zero-order valence-corrected chi connectivity index (χ0v) is 16.6. The first-order chi connectivity index (χ1) is 13.2. The van der Waals surface area contributed by atoms with Crippen LogP contribution >= 0.6 is 0 Å². The number of hydrogen-bond acceptors (Lipinski definition) is 2. The Hall–Kier alpha value is -1.86. The summed E-state index contributed by atoms with van der Waals surface area (Å²) in [7, 11) is -3.47. The van der Waals surface area contributed by atoms with Gasteiger partial charge in [0.2, 0.25) is 10.0 Å². The first kappa shape index (κ1) is 20.9. The molecule has 0 saturated carbocycles. The number of aryl methyl sites for hydroxylation is 2. The number of nitrogens with zero attached hydrogens (tertiary/aromatic N) is 1. The van der Waals surface area contributed by atoms with Gasteiger partial charge in [-0.15, -0.1) is 0 Å². The van der Waals surface area contributed by atoms with Gasteiger partial charge in [-0.1, -0.05) is 24.3 Å². The second-order valence-electron chi connectivity index (χ2n) is 7.40. The normalized spacial score (nSPS) is 17.0. The van der Waals surface area contributed by atoms with Gasteiger partial charge in [0.05, 0.1) is 10.5 Å². The van der Waals surface area contributed by atoms with Crippen LogP contribution in [-0.2, 0) is 22.6 Å². The van der Waals surface area contributed by atoms with E-state index in [1.807, 2.05) is 13.0 Å². The molecule has 0 unspecified atom stereocenters. The van der Waals surface area contributed by atoms with Gasteiger partial charge in [0, 0.05) is 13.1 Å². The molecule has 0 amide bonds. The molecular weight excluding hydrogens is 387 g/mol. The van der Waals surface area contributed by atoms with Gasteiger partial charge in [0.15, 0.2) is 0 Å². The number of benzene rings is 2. The van der Waals surface area contributed by atoms with Crippen molar-refractivity contribution < 1.29 is 21.6 Å². The van der Waals surface area contributed by atoms with E-state index >= 15 is 0 Å². The van der Waals surface area contributed by atoms with Gasteiger partial charge >= 0.3 is 6.18 Å². The molecule has 152 valence electrons. The molecule has 7 heteroatoms. The molecule has 1 heterocycles. The van der Waals surface area contributed by atoms with Gasteiger partial charge in [0.25, 0.3) is 0 Å². The number of hydrogen-bond donors (Lipinski definition) is 0. The highest BCUT2D eigenvalue weighted by Crippen LogP contribution is 2.30. The Balaban J connectivity index is 1.53. The summed E-state index contributed by atoms with van der Waals surface area (Å²) in [5.41, 5.74) is 1.15. The Morgan fingerprint density at radius 1 is 1.04 bits per heavy atom. The topological polar surface area (TPSA) is 37.4 Å². The van der Waals surface area contributed by atoms with Crippen LogP contribution in [0.4, 0.5) is 13.2 Å². The summed E-state index contributed by atoms with van der Waals surface area (Å²) < 4.78 is 64.9. The highest BCUT2D eigenvalue weighted by molar-refractivity contribution is 7.89. The molecule has 1 aliphatic rings. The summed E-state index contributed by atoms with van der Waals surface area (Å²) >= 11 is 0. The van der Waals surface area contributed by atoms with Crippen LogP contribution in [0.1, 0.15) is 36.0 Å². The summed E-state index contributed by atoms with van der Waals surface area (Å²) in [5.74, 6) is 0.381. The van der Waals surface area contributed by atoms with E-state index in [0.29, 0.717) is 30.3 Å². The minimum atomic E-state index is -4.31. The van der Waals surface area contributed by atoms with Crippen molar-refractivity contribution in [3.8, 4) is 0 Å². The van der Waals surface area contributed by atoms with Crippen LogP contribution in [0, 0.1) is 12.8 Å². The van der Waals surface area contributed by atoms with Crippen LogP contribution in [0.15, 0.2) is 53.4 Å². The lowest BCUT2D eigenvalue weighted by atomic mass is 9.91. The fraction of sp³-hybridized carbons (Fsp3) is 0.429. The fourth-order valence-corrected chi connectivity index (χ4v) is 5.17. The number of alkyl halides is 3. The third-order valence-electron chi connectivity index (χ3n) is 5.32. The minimum Gasteiger partial charge on any atom is -0.207 e. The van der Waals surface area contributed by atoms with E-state index < -0.39 is 21.8 Å². The van der Waals surface area contributed by atoms with E-state index in [4.69, 9.17) is 0 Å². The van der Waals surface area contributed by atoms with Gasteiger partial charge in [-0.25, -0.2) is 8.42 Å². The van der Waals surface area contributed by atoms with Crippen molar-refractivity contribution in [2.24, 2.45) is 5.92 Å². The summed E-state index contributed by atoms with van der Waals surface area (Å²) in [6.07, 6.45) is -1.22. The Labute approximate surface area is 164 Å². The van der Waals surface area contributed by atoms with Crippen LogP contribution in [0.5, 0.6) is 0 Å². The maximum atomic E-state index is 12.8. The Kier molecular flexibility index (Phi) is 6.15. The third-order valence-corrected chi connectivity index (χ3v) is 7.22. The molecule has 2 aromatic carbocycles. The van der Waals surface area contributed by atoms with Gasteiger partial charge < -0.3 is 0 Å². The Morgan fingerprint density at radius 3 is 2.25 bits per heavy atom. The van der Waals surface area contributed by atoms with Crippen molar-refractivity contribution >= 4 is 10.0 Å².